The highest BCUT2D eigenvalue weighted by atomic mass is 127. The van der Waals surface area contributed by atoms with Crippen molar-refractivity contribution in [1.82, 2.24) is 4.90 Å². The van der Waals surface area contributed by atoms with Crippen molar-refractivity contribution in [3.05, 3.63) is 0 Å². The SMILES string of the molecule is CCCCCCN=C(N)N1CCCC(C)C1.I. The molecular formula is C13H28IN3. The molecule has 0 radical (unpaired) electrons. The van der Waals surface area contributed by atoms with Gasteiger partial charge in [-0.3, -0.25) is 4.99 Å². The van der Waals surface area contributed by atoms with Gasteiger partial charge in [0.1, 0.15) is 0 Å². The van der Waals surface area contributed by atoms with Gasteiger partial charge in [0.2, 0.25) is 0 Å². The number of hydrogen-bond acceptors (Lipinski definition) is 1. The summed E-state index contributed by atoms with van der Waals surface area (Å²) in [6.45, 7) is 7.60. The minimum Gasteiger partial charge on any atom is -0.370 e. The van der Waals surface area contributed by atoms with Crippen LogP contribution in [0.3, 0.4) is 0 Å². The van der Waals surface area contributed by atoms with Gasteiger partial charge in [0, 0.05) is 19.6 Å². The summed E-state index contributed by atoms with van der Waals surface area (Å²) in [6, 6.07) is 0. The van der Waals surface area contributed by atoms with Crippen molar-refractivity contribution in [1.29, 1.82) is 0 Å². The molecule has 0 bridgehead atoms. The first kappa shape index (κ1) is 17.0. The Kier molecular flexibility index (Phi) is 9.97. The van der Waals surface area contributed by atoms with E-state index in [0.717, 1.165) is 31.5 Å². The third-order valence-corrected chi connectivity index (χ3v) is 3.27. The number of hydrogen-bond donors (Lipinski definition) is 1. The van der Waals surface area contributed by atoms with E-state index in [1.807, 2.05) is 0 Å². The molecule has 0 aromatic carbocycles. The van der Waals surface area contributed by atoms with Gasteiger partial charge in [0.25, 0.3) is 0 Å². The lowest BCUT2D eigenvalue weighted by molar-refractivity contribution is 0.270. The standard InChI is InChI=1S/C13H27N3.HI/c1-3-4-5-6-9-15-13(14)16-10-7-8-12(2)11-16;/h12H,3-11H2,1-2H3,(H2,14,15);1H. The molecule has 0 spiro atoms. The Hall–Kier alpha value is 0. The first-order chi connectivity index (χ1) is 7.74. The Morgan fingerprint density at radius 3 is 2.76 bits per heavy atom. The summed E-state index contributed by atoms with van der Waals surface area (Å²) in [4.78, 5) is 6.72. The molecule has 0 saturated carbocycles. The lowest BCUT2D eigenvalue weighted by Gasteiger charge is -2.31. The van der Waals surface area contributed by atoms with E-state index in [9.17, 15) is 0 Å². The van der Waals surface area contributed by atoms with Gasteiger partial charge in [-0.05, 0) is 25.2 Å². The van der Waals surface area contributed by atoms with Crippen LogP contribution in [0.2, 0.25) is 0 Å². The first-order valence-corrected chi connectivity index (χ1v) is 6.79. The normalized spacial score (nSPS) is 21.2. The summed E-state index contributed by atoms with van der Waals surface area (Å²) in [5.41, 5.74) is 6.00. The highest BCUT2D eigenvalue weighted by molar-refractivity contribution is 14.0. The molecule has 0 aliphatic carbocycles. The summed E-state index contributed by atoms with van der Waals surface area (Å²) in [5, 5.41) is 0. The number of guanidine groups is 1. The minimum atomic E-state index is 0. The van der Waals surface area contributed by atoms with E-state index in [1.54, 1.807) is 0 Å². The van der Waals surface area contributed by atoms with Crippen molar-refractivity contribution >= 4 is 29.9 Å². The molecular weight excluding hydrogens is 325 g/mol. The molecule has 1 heterocycles. The number of aliphatic imine (C=N–C) groups is 1. The van der Waals surface area contributed by atoms with Crippen LogP contribution in [0.25, 0.3) is 0 Å². The van der Waals surface area contributed by atoms with Gasteiger partial charge in [0.15, 0.2) is 5.96 Å². The molecule has 3 nitrogen and oxygen atoms in total. The summed E-state index contributed by atoms with van der Waals surface area (Å²) in [5.74, 6) is 1.53. The Morgan fingerprint density at radius 1 is 1.35 bits per heavy atom. The van der Waals surface area contributed by atoms with E-state index >= 15 is 0 Å². The molecule has 1 aliphatic heterocycles. The molecule has 0 aromatic heterocycles. The highest BCUT2D eigenvalue weighted by Crippen LogP contribution is 2.14. The van der Waals surface area contributed by atoms with Gasteiger partial charge in [-0.15, -0.1) is 24.0 Å². The van der Waals surface area contributed by atoms with E-state index in [1.165, 1.54) is 38.5 Å². The Morgan fingerprint density at radius 2 is 2.12 bits per heavy atom. The van der Waals surface area contributed by atoms with Crippen molar-refractivity contribution < 1.29 is 0 Å². The monoisotopic (exact) mass is 353 g/mol. The number of unbranched alkanes of at least 4 members (excludes halogenated alkanes) is 3. The van der Waals surface area contributed by atoms with Crippen molar-refractivity contribution in [2.75, 3.05) is 19.6 Å². The van der Waals surface area contributed by atoms with Gasteiger partial charge in [-0.1, -0.05) is 33.1 Å². The Balaban J connectivity index is 0.00000256. The van der Waals surface area contributed by atoms with E-state index in [-0.39, 0.29) is 24.0 Å². The Labute approximate surface area is 123 Å². The quantitative estimate of drug-likeness (QED) is 0.357. The van der Waals surface area contributed by atoms with E-state index < -0.39 is 0 Å². The van der Waals surface area contributed by atoms with Crippen LogP contribution in [-0.4, -0.2) is 30.5 Å². The Bertz CT molecular complexity index is 219. The fourth-order valence-electron chi connectivity index (χ4n) is 2.23. The third-order valence-electron chi connectivity index (χ3n) is 3.27. The zero-order valence-electron chi connectivity index (χ0n) is 11.3. The van der Waals surface area contributed by atoms with Crippen molar-refractivity contribution in [3.8, 4) is 0 Å². The predicted molar refractivity (Wildman–Crippen MR) is 86.0 cm³/mol. The van der Waals surface area contributed by atoms with Crippen LogP contribution >= 0.6 is 24.0 Å². The van der Waals surface area contributed by atoms with Gasteiger partial charge in [-0.2, -0.15) is 0 Å². The molecule has 17 heavy (non-hydrogen) atoms. The number of nitrogens with zero attached hydrogens (tertiary/aromatic N) is 2. The maximum Gasteiger partial charge on any atom is 0.191 e. The van der Waals surface area contributed by atoms with Crippen LogP contribution < -0.4 is 5.73 Å². The smallest absolute Gasteiger partial charge is 0.191 e. The van der Waals surface area contributed by atoms with Crippen LogP contribution in [0.1, 0.15) is 52.4 Å². The summed E-state index contributed by atoms with van der Waals surface area (Å²) >= 11 is 0. The molecule has 1 aliphatic rings. The zero-order valence-corrected chi connectivity index (χ0v) is 13.7. The predicted octanol–water partition coefficient (Wildman–Crippen LogP) is 3.23. The maximum atomic E-state index is 6.00. The molecule has 1 atom stereocenters. The van der Waals surface area contributed by atoms with Crippen LogP contribution in [0.4, 0.5) is 0 Å². The van der Waals surface area contributed by atoms with E-state index in [0.29, 0.717) is 0 Å². The van der Waals surface area contributed by atoms with Crippen molar-refractivity contribution in [2.45, 2.75) is 52.4 Å². The van der Waals surface area contributed by atoms with Gasteiger partial charge < -0.3 is 10.6 Å². The number of piperidine rings is 1. The van der Waals surface area contributed by atoms with Crippen LogP contribution in [0.5, 0.6) is 0 Å². The lowest BCUT2D eigenvalue weighted by Crippen LogP contribution is -2.43. The van der Waals surface area contributed by atoms with Crippen molar-refractivity contribution in [2.24, 2.45) is 16.6 Å². The van der Waals surface area contributed by atoms with Gasteiger partial charge in [0.05, 0.1) is 0 Å². The van der Waals surface area contributed by atoms with Gasteiger partial charge >= 0.3 is 0 Å². The number of nitrogens with two attached hydrogens (primary N) is 1. The largest absolute Gasteiger partial charge is 0.370 e. The molecule has 1 rings (SSSR count). The second-order valence-corrected chi connectivity index (χ2v) is 4.99. The average molecular weight is 353 g/mol. The second kappa shape index (κ2) is 9.97. The molecule has 2 N–H and O–H groups in total. The molecule has 0 amide bonds. The number of rotatable bonds is 5. The second-order valence-electron chi connectivity index (χ2n) is 4.99. The van der Waals surface area contributed by atoms with Crippen molar-refractivity contribution in [3.63, 3.8) is 0 Å². The topological polar surface area (TPSA) is 41.6 Å². The molecule has 1 unspecified atom stereocenters. The average Bonchev–Trinajstić information content (AvgIpc) is 2.28. The van der Waals surface area contributed by atoms with E-state index in [4.69, 9.17) is 5.73 Å². The van der Waals surface area contributed by atoms with Crippen LogP contribution in [-0.2, 0) is 0 Å². The van der Waals surface area contributed by atoms with Gasteiger partial charge in [-0.25, -0.2) is 0 Å². The summed E-state index contributed by atoms with van der Waals surface area (Å²) in [7, 11) is 0. The first-order valence-electron chi connectivity index (χ1n) is 6.79. The minimum absolute atomic E-state index is 0. The summed E-state index contributed by atoms with van der Waals surface area (Å²) in [6.07, 6.45) is 7.65. The number of likely N-dealkylation sites (tertiary alicyclic amines) is 1. The highest BCUT2D eigenvalue weighted by Gasteiger charge is 2.17. The number of halogens is 1. The summed E-state index contributed by atoms with van der Waals surface area (Å²) < 4.78 is 0. The molecule has 1 saturated heterocycles. The van der Waals surface area contributed by atoms with E-state index in [2.05, 4.69) is 23.7 Å². The molecule has 0 aromatic rings. The molecule has 1 fully saturated rings. The fraction of sp³-hybridized carbons (Fsp3) is 0.923. The fourth-order valence-corrected chi connectivity index (χ4v) is 2.23. The van der Waals surface area contributed by atoms with Crippen LogP contribution in [0.15, 0.2) is 4.99 Å². The molecule has 4 heteroatoms. The maximum absolute atomic E-state index is 6.00. The lowest BCUT2D eigenvalue weighted by atomic mass is 10.0. The third kappa shape index (κ3) is 7.11. The zero-order chi connectivity index (χ0) is 11.8. The van der Waals surface area contributed by atoms with Crippen LogP contribution in [0, 0.1) is 5.92 Å². The molecule has 102 valence electrons.